The Bertz CT molecular complexity index is 240. The molecular formula is C12H23NO2. The van der Waals surface area contributed by atoms with Gasteiger partial charge in [0, 0.05) is 18.6 Å². The fraction of sp³-hybridized carbons (Fsp3) is 0.917. The van der Waals surface area contributed by atoms with Crippen molar-refractivity contribution in [2.45, 2.75) is 46.6 Å². The van der Waals surface area contributed by atoms with E-state index >= 15 is 0 Å². The maximum Gasteiger partial charge on any atom is 0.226 e. The lowest BCUT2D eigenvalue weighted by atomic mass is 9.55. The molecule has 1 aliphatic rings. The smallest absolute Gasteiger partial charge is 0.226 e. The van der Waals surface area contributed by atoms with E-state index in [1.165, 1.54) is 0 Å². The zero-order valence-corrected chi connectivity index (χ0v) is 10.5. The minimum atomic E-state index is -0.161. The van der Waals surface area contributed by atoms with Gasteiger partial charge in [0.2, 0.25) is 5.91 Å². The van der Waals surface area contributed by atoms with E-state index in [-0.39, 0.29) is 17.4 Å². The summed E-state index contributed by atoms with van der Waals surface area (Å²) in [6.45, 7) is 9.01. The Morgan fingerprint density at radius 1 is 1.40 bits per heavy atom. The summed E-state index contributed by atoms with van der Waals surface area (Å²) < 4.78 is 5.00. The molecule has 15 heavy (non-hydrogen) atoms. The van der Waals surface area contributed by atoms with Crippen LogP contribution in [0.25, 0.3) is 0 Å². The molecule has 3 nitrogen and oxygen atoms in total. The van der Waals surface area contributed by atoms with Crippen LogP contribution in [0.2, 0.25) is 0 Å². The highest BCUT2D eigenvalue weighted by Gasteiger charge is 2.50. The third-order valence-corrected chi connectivity index (χ3v) is 3.08. The Balaban J connectivity index is 2.42. The van der Waals surface area contributed by atoms with Crippen LogP contribution >= 0.6 is 0 Å². The zero-order valence-electron chi connectivity index (χ0n) is 10.5. The summed E-state index contributed by atoms with van der Waals surface area (Å²) in [5, 5.41) is 3.00. The average molecular weight is 213 g/mol. The normalized spacial score (nSPS) is 24.1. The average Bonchev–Trinajstić information content (AvgIpc) is 2.00. The van der Waals surface area contributed by atoms with Crippen LogP contribution in [0, 0.1) is 10.8 Å². The Hall–Kier alpha value is -0.570. The predicted molar refractivity (Wildman–Crippen MR) is 60.6 cm³/mol. The van der Waals surface area contributed by atoms with E-state index < -0.39 is 0 Å². The lowest BCUT2D eigenvalue weighted by Gasteiger charge is -2.50. The molecule has 1 aliphatic carbocycles. The molecule has 1 unspecified atom stereocenters. The SMILES string of the molecule is COCC(C)NC(=O)C1(C)CC(C)(C)C1. The summed E-state index contributed by atoms with van der Waals surface area (Å²) in [5.74, 6) is 0.173. The van der Waals surface area contributed by atoms with Crippen LogP contribution in [0.4, 0.5) is 0 Å². The third-order valence-electron chi connectivity index (χ3n) is 3.08. The lowest BCUT2D eigenvalue weighted by Crippen LogP contribution is -2.53. The van der Waals surface area contributed by atoms with Gasteiger partial charge in [0.15, 0.2) is 0 Å². The molecular weight excluding hydrogens is 190 g/mol. The molecule has 88 valence electrons. The van der Waals surface area contributed by atoms with Crippen molar-refractivity contribution in [3.63, 3.8) is 0 Å². The molecule has 0 spiro atoms. The lowest BCUT2D eigenvalue weighted by molar-refractivity contribution is -0.143. The third kappa shape index (κ3) is 2.94. The molecule has 0 radical (unpaired) electrons. The van der Waals surface area contributed by atoms with Crippen LogP contribution in [0.5, 0.6) is 0 Å². The van der Waals surface area contributed by atoms with E-state index in [0.29, 0.717) is 12.0 Å². The van der Waals surface area contributed by atoms with Crippen molar-refractivity contribution in [3.05, 3.63) is 0 Å². The van der Waals surface area contributed by atoms with Crippen molar-refractivity contribution in [3.8, 4) is 0 Å². The molecule has 1 N–H and O–H groups in total. The first kappa shape index (κ1) is 12.5. The number of methoxy groups -OCH3 is 1. The second-order valence-electron chi connectivity index (χ2n) is 5.91. The molecule has 0 bridgehead atoms. The van der Waals surface area contributed by atoms with Crippen molar-refractivity contribution < 1.29 is 9.53 Å². The molecule has 0 aromatic rings. The summed E-state index contributed by atoms with van der Waals surface area (Å²) in [4.78, 5) is 12.0. The summed E-state index contributed by atoms with van der Waals surface area (Å²) in [6, 6.07) is 0.100. The van der Waals surface area contributed by atoms with E-state index in [9.17, 15) is 4.79 Å². The highest BCUT2D eigenvalue weighted by atomic mass is 16.5. The number of carbonyl (C=O) groups excluding carboxylic acids is 1. The Kier molecular flexibility index (Phi) is 3.44. The number of hydrogen-bond acceptors (Lipinski definition) is 2. The Labute approximate surface area is 92.6 Å². The highest BCUT2D eigenvalue weighted by Crippen LogP contribution is 2.53. The van der Waals surface area contributed by atoms with Crippen molar-refractivity contribution in [1.82, 2.24) is 5.32 Å². The molecule has 1 rings (SSSR count). The van der Waals surface area contributed by atoms with Crippen LogP contribution in [-0.4, -0.2) is 25.7 Å². The Morgan fingerprint density at radius 3 is 2.33 bits per heavy atom. The fourth-order valence-corrected chi connectivity index (χ4v) is 2.91. The number of amides is 1. The van der Waals surface area contributed by atoms with E-state index in [0.717, 1.165) is 12.8 Å². The monoisotopic (exact) mass is 213 g/mol. The molecule has 0 saturated heterocycles. The van der Waals surface area contributed by atoms with Gasteiger partial charge in [0.25, 0.3) is 0 Å². The van der Waals surface area contributed by atoms with E-state index in [4.69, 9.17) is 4.74 Å². The van der Waals surface area contributed by atoms with Gasteiger partial charge in [-0.2, -0.15) is 0 Å². The van der Waals surface area contributed by atoms with Gasteiger partial charge in [0.05, 0.1) is 6.61 Å². The summed E-state index contributed by atoms with van der Waals surface area (Å²) in [5.41, 5.74) is 0.169. The fourth-order valence-electron chi connectivity index (χ4n) is 2.91. The molecule has 0 aromatic carbocycles. The van der Waals surface area contributed by atoms with Gasteiger partial charge in [-0.05, 0) is 25.2 Å². The number of ether oxygens (including phenoxy) is 1. The largest absolute Gasteiger partial charge is 0.383 e. The molecule has 3 heteroatoms. The van der Waals surface area contributed by atoms with Gasteiger partial charge >= 0.3 is 0 Å². The first-order valence-electron chi connectivity index (χ1n) is 5.59. The molecule has 1 saturated carbocycles. The highest BCUT2D eigenvalue weighted by molar-refractivity contribution is 5.83. The molecule has 1 amide bonds. The summed E-state index contributed by atoms with van der Waals surface area (Å²) >= 11 is 0. The standard InChI is InChI=1S/C12H23NO2/c1-9(6-15-5)13-10(14)12(4)7-11(2,3)8-12/h9H,6-8H2,1-5H3,(H,13,14). The quantitative estimate of drug-likeness (QED) is 0.775. The predicted octanol–water partition coefficient (Wildman–Crippen LogP) is 1.96. The maximum atomic E-state index is 12.0. The van der Waals surface area contributed by atoms with Crippen molar-refractivity contribution >= 4 is 5.91 Å². The zero-order chi connectivity index (χ0) is 11.7. The molecule has 0 aromatic heterocycles. The maximum absolute atomic E-state index is 12.0. The van der Waals surface area contributed by atoms with E-state index in [2.05, 4.69) is 19.2 Å². The number of rotatable bonds is 4. The second kappa shape index (κ2) is 4.12. The van der Waals surface area contributed by atoms with Crippen molar-refractivity contribution in [2.75, 3.05) is 13.7 Å². The van der Waals surface area contributed by atoms with Crippen LogP contribution in [0.1, 0.15) is 40.5 Å². The van der Waals surface area contributed by atoms with Crippen LogP contribution in [0.3, 0.4) is 0 Å². The van der Waals surface area contributed by atoms with Gasteiger partial charge in [-0.15, -0.1) is 0 Å². The van der Waals surface area contributed by atoms with Gasteiger partial charge in [-0.25, -0.2) is 0 Å². The second-order valence-corrected chi connectivity index (χ2v) is 5.91. The number of carbonyl (C=O) groups is 1. The minimum Gasteiger partial charge on any atom is -0.383 e. The van der Waals surface area contributed by atoms with Gasteiger partial charge < -0.3 is 10.1 Å². The number of hydrogen-bond donors (Lipinski definition) is 1. The van der Waals surface area contributed by atoms with Crippen LogP contribution in [-0.2, 0) is 9.53 Å². The molecule has 0 heterocycles. The molecule has 1 atom stereocenters. The van der Waals surface area contributed by atoms with Gasteiger partial charge in [0.1, 0.15) is 0 Å². The van der Waals surface area contributed by atoms with Crippen LogP contribution < -0.4 is 5.32 Å². The molecule has 1 fully saturated rings. The first-order valence-corrected chi connectivity index (χ1v) is 5.59. The van der Waals surface area contributed by atoms with Crippen molar-refractivity contribution in [2.24, 2.45) is 10.8 Å². The molecule has 0 aliphatic heterocycles. The van der Waals surface area contributed by atoms with Crippen LogP contribution in [0.15, 0.2) is 0 Å². The topological polar surface area (TPSA) is 38.3 Å². The minimum absolute atomic E-state index is 0.100. The van der Waals surface area contributed by atoms with Gasteiger partial charge in [-0.3, -0.25) is 4.79 Å². The van der Waals surface area contributed by atoms with E-state index in [1.54, 1.807) is 7.11 Å². The summed E-state index contributed by atoms with van der Waals surface area (Å²) in [7, 11) is 1.65. The van der Waals surface area contributed by atoms with Crippen molar-refractivity contribution in [1.29, 1.82) is 0 Å². The summed E-state index contributed by atoms with van der Waals surface area (Å²) in [6.07, 6.45) is 1.96. The first-order chi connectivity index (χ1) is 6.79. The van der Waals surface area contributed by atoms with Gasteiger partial charge in [-0.1, -0.05) is 20.8 Å². The Morgan fingerprint density at radius 2 is 1.93 bits per heavy atom. The van der Waals surface area contributed by atoms with E-state index in [1.807, 2.05) is 13.8 Å². The number of nitrogens with one attached hydrogen (secondary N) is 1.